The molecule has 2 nitrogen and oxygen atoms in total. The number of hydrogen-bond acceptors (Lipinski definition) is 2. The van der Waals surface area contributed by atoms with Crippen molar-refractivity contribution >= 4 is 5.69 Å². The third-order valence-corrected chi connectivity index (χ3v) is 3.67. The molecule has 0 saturated carbocycles. The molecule has 20 heavy (non-hydrogen) atoms. The quantitative estimate of drug-likeness (QED) is 0.790. The van der Waals surface area contributed by atoms with Crippen molar-refractivity contribution in [2.45, 2.75) is 19.9 Å². The van der Waals surface area contributed by atoms with Crippen molar-refractivity contribution in [2.75, 3.05) is 19.1 Å². The first-order valence-corrected chi connectivity index (χ1v) is 7.05. The third kappa shape index (κ3) is 3.13. The van der Waals surface area contributed by atoms with E-state index in [1.807, 2.05) is 12.1 Å². The zero-order valence-electron chi connectivity index (χ0n) is 12.7. The number of benzene rings is 2. The van der Waals surface area contributed by atoms with E-state index < -0.39 is 0 Å². The highest BCUT2D eigenvalue weighted by atomic mass is 16.5. The van der Waals surface area contributed by atoms with Crippen LogP contribution in [0.5, 0.6) is 5.75 Å². The topological polar surface area (TPSA) is 12.5 Å². The zero-order chi connectivity index (χ0) is 14.5. The Morgan fingerprint density at radius 2 is 1.50 bits per heavy atom. The molecular formula is C18H23NO. The number of ether oxygens (including phenoxy) is 1. The van der Waals surface area contributed by atoms with Crippen LogP contribution in [0.1, 0.15) is 25.5 Å². The normalized spacial score (nSPS) is 12.2. The Morgan fingerprint density at radius 3 is 2.00 bits per heavy atom. The number of nitrogens with zero attached hydrogens (tertiary/aromatic N) is 1. The standard InChI is InChI=1S/C18H23NO/c1-14(2)18(15-8-6-5-7-9-15)19(3)16-10-12-17(20-4)13-11-16/h5-14,18H,1-4H3. The van der Waals surface area contributed by atoms with Crippen molar-refractivity contribution < 1.29 is 4.74 Å². The molecule has 2 aromatic rings. The fraction of sp³-hybridized carbons (Fsp3) is 0.333. The lowest BCUT2D eigenvalue weighted by molar-refractivity contribution is 0.414. The number of rotatable bonds is 5. The fourth-order valence-corrected chi connectivity index (χ4v) is 2.68. The van der Waals surface area contributed by atoms with Crippen LogP contribution in [0.4, 0.5) is 5.69 Å². The Bertz CT molecular complexity index is 519. The summed E-state index contributed by atoms with van der Waals surface area (Å²) in [6.45, 7) is 4.52. The average molecular weight is 269 g/mol. The van der Waals surface area contributed by atoms with Gasteiger partial charge in [-0.1, -0.05) is 44.2 Å². The van der Waals surface area contributed by atoms with Crippen molar-refractivity contribution in [1.29, 1.82) is 0 Å². The third-order valence-electron chi connectivity index (χ3n) is 3.67. The molecule has 0 aliphatic heterocycles. The number of methoxy groups -OCH3 is 1. The molecule has 0 fully saturated rings. The first kappa shape index (κ1) is 14.4. The summed E-state index contributed by atoms with van der Waals surface area (Å²) < 4.78 is 5.22. The second-order valence-corrected chi connectivity index (χ2v) is 5.41. The highest BCUT2D eigenvalue weighted by molar-refractivity contribution is 5.50. The SMILES string of the molecule is COc1ccc(N(C)C(c2ccccc2)C(C)C)cc1. The van der Waals surface area contributed by atoms with Crippen molar-refractivity contribution in [3.05, 3.63) is 60.2 Å². The Labute approximate surface area is 122 Å². The van der Waals surface area contributed by atoms with Gasteiger partial charge in [0.1, 0.15) is 5.75 Å². The summed E-state index contributed by atoms with van der Waals surface area (Å²) in [5.74, 6) is 1.42. The number of hydrogen-bond donors (Lipinski definition) is 0. The van der Waals surface area contributed by atoms with Gasteiger partial charge in [-0.05, 0) is 35.7 Å². The van der Waals surface area contributed by atoms with Crippen LogP contribution in [0, 0.1) is 5.92 Å². The Hall–Kier alpha value is -1.96. The lowest BCUT2D eigenvalue weighted by Crippen LogP contribution is -2.28. The summed E-state index contributed by atoms with van der Waals surface area (Å²) in [5.41, 5.74) is 2.55. The van der Waals surface area contributed by atoms with E-state index >= 15 is 0 Å². The van der Waals surface area contributed by atoms with Crippen LogP contribution in [0.2, 0.25) is 0 Å². The highest BCUT2D eigenvalue weighted by Crippen LogP contribution is 2.32. The predicted octanol–water partition coefficient (Wildman–Crippen LogP) is 4.53. The van der Waals surface area contributed by atoms with Gasteiger partial charge in [0.2, 0.25) is 0 Å². The van der Waals surface area contributed by atoms with Gasteiger partial charge >= 0.3 is 0 Å². The molecule has 0 aromatic heterocycles. The summed E-state index contributed by atoms with van der Waals surface area (Å²) in [6.07, 6.45) is 0. The second-order valence-electron chi connectivity index (χ2n) is 5.41. The first-order chi connectivity index (χ1) is 9.63. The van der Waals surface area contributed by atoms with Crippen LogP contribution in [0.15, 0.2) is 54.6 Å². The van der Waals surface area contributed by atoms with E-state index in [4.69, 9.17) is 4.74 Å². The zero-order valence-corrected chi connectivity index (χ0v) is 12.7. The molecule has 0 saturated heterocycles. The van der Waals surface area contributed by atoms with Crippen LogP contribution >= 0.6 is 0 Å². The van der Waals surface area contributed by atoms with Gasteiger partial charge < -0.3 is 9.64 Å². The minimum Gasteiger partial charge on any atom is -0.497 e. The van der Waals surface area contributed by atoms with Crippen LogP contribution in [0.25, 0.3) is 0 Å². The Morgan fingerprint density at radius 1 is 0.900 bits per heavy atom. The minimum absolute atomic E-state index is 0.365. The van der Waals surface area contributed by atoms with Gasteiger partial charge in [0, 0.05) is 12.7 Å². The van der Waals surface area contributed by atoms with Gasteiger partial charge in [0.15, 0.2) is 0 Å². The van der Waals surface area contributed by atoms with E-state index in [1.54, 1.807) is 7.11 Å². The molecule has 0 amide bonds. The molecule has 0 aliphatic rings. The van der Waals surface area contributed by atoms with Gasteiger partial charge in [0.05, 0.1) is 13.2 Å². The predicted molar refractivity (Wildman–Crippen MR) is 85.4 cm³/mol. The minimum atomic E-state index is 0.365. The Balaban J connectivity index is 2.29. The lowest BCUT2D eigenvalue weighted by atomic mass is 9.94. The molecular weight excluding hydrogens is 246 g/mol. The summed E-state index contributed by atoms with van der Waals surface area (Å²) in [6, 6.07) is 19.3. The van der Waals surface area contributed by atoms with E-state index in [-0.39, 0.29) is 0 Å². The molecule has 0 aliphatic carbocycles. The molecule has 2 heteroatoms. The largest absolute Gasteiger partial charge is 0.497 e. The highest BCUT2D eigenvalue weighted by Gasteiger charge is 2.20. The van der Waals surface area contributed by atoms with Crippen molar-refractivity contribution in [3.63, 3.8) is 0 Å². The summed E-state index contributed by atoms with van der Waals surface area (Å²) in [4.78, 5) is 2.33. The Kier molecular flexibility index (Phi) is 4.67. The summed E-state index contributed by atoms with van der Waals surface area (Å²) in [5, 5.41) is 0. The van der Waals surface area contributed by atoms with Gasteiger partial charge in [0.25, 0.3) is 0 Å². The smallest absolute Gasteiger partial charge is 0.119 e. The van der Waals surface area contributed by atoms with Gasteiger partial charge in [-0.3, -0.25) is 0 Å². The molecule has 0 heterocycles. The molecule has 1 atom stereocenters. The molecule has 0 spiro atoms. The van der Waals surface area contributed by atoms with E-state index in [9.17, 15) is 0 Å². The maximum atomic E-state index is 5.22. The van der Waals surface area contributed by atoms with Crippen LogP contribution in [0.3, 0.4) is 0 Å². The van der Waals surface area contributed by atoms with Crippen LogP contribution in [-0.2, 0) is 0 Å². The van der Waals surface area contributed by atoms with Crippen molar-refractivity contribution in [3.8, 4) is 5.75 Å². The molecule has 2 rings (SSSR count). The van der Waals surface area contributed by atoms with E-state index in [2.05, 4.69) is 68.3 Å². The average Bonchev–Trinajstić information content (AvgIpc) is 2.48. The van der Waals surface area contributed by atoms with E-state index in [1.165, 1.54) is 11.3 Å². The monoisotopic (exact) mass is 269 g/mol. The maximum Gasteiger partial charge on any atom is 0.119 e. The lowest BCUT2D eigenvalue weighted by Gasteiger charge is -2.33. The fourth-order valence-electron chi connectivity index (χ4n) is 2.68. The van der Waals surface area contributed by atoms with E-state index in [0.29, 0.717) is 12.0 Å². The molecule has 1 unspecified atom stereocenters. The van der Waals surface area contributed by atoms with E-state index in [0.717, 1.165) is 5.75 Å². The first-order valence-electron chi connectivity index (χ1n) is 7.05. The van der Waals surface area contributed by atoms with Gasteiger partial charge in [-0.2, -0.15) is 0 Å². The van der Waals surface area contributed by atoms with Gasteiger partial charge in [-0.25, -0.2) is 0 Å². The molecule has 0 N–H and O–H groups in total. The van der Waals surface area contributed by atoms with Crippen molar-refractivity contribution in [2.24, 2.45) is 5.92 Å². The molecule has 2 aromatic carbocycles. The molecule has 0 radical (unpaired) electrons. The van der Waals surface area contributed by atoms with Gasteiger partial charge in [-0.15, -0.1) is 0 Å². The summed E-state index contributed by atoms with van der Waals surface area (Å²) in [7, 11) is 3.85. The number of anilines is 1. The summed E-state index contributed by atoms with van der Waals surface area (Å²) >= 11 is 0. The van der Waals surface area contributed by atoms with Crippen LogP contribution < -0.4 is 9.64 Å². The van der Waals surface area contributed by atoms with Crippen molar-refractivity contribution in [1.82, 2.24) is 0 Å². The molecule has 106 valence electrons. The van der Waals surface area contributed by atoms with Crippen LogP contribution in [-0.4, -0.2) is 14.2 Å². The molecule has 0 bridgehead atoms. The second kappa shape index (κ2) is 6.47. The maximum absolute atomic E-state index is 5.22.